The number of nitrogens with one attached hydrogen (secondary N) is 1. The van der Waals surface area contributed by atoms with Crippen LogP contribution in [0.3, 0.4) is 0 Å². The summed E-state index contributed by atoms with van der Waals surface area (Å²) in [4.78, 5) is 11.6. The summed E-state index contributed by atoms with van der Waals surface area (Å²) in [5.74, 6) is -0.102. The first-order chi connectivity index (χ1) is 7.54. The molecule has 0 saturated carbocycles. The lowest BCUT2D eigenvalue weighted by atomic mass is 10.1. The van der Waals surface area contributed by atoms with E-state index in [1.165, 1.54) is 0 Å². The lowest BCUT2D eigenvalue weighted by Gasteiger charge is -2.17. The lowest BCUT2D eigenvalue weighted by Crippen LogP contribution is -2.41. The van der Waals surface area contributed by atoms with Gasteiger partial charge in [-0.15, -0.1) is 0 Å². The molecule has 0 aliphatic rings. The van der Waals surface area contributed by atoms with Gasteiger partial charge in [0.05, 0.1) is 12.1 Å². The average Bonchev–Trinajstić information content (AvgIpc) is 2.27. The standard InChI is InChI=1S/C12H17BrN2O/c1-3-11(14)12(16)15-8(2)9-5-4-6-10(13)7-9/h4-8,11H,3,14H2,1-2H3,(H,15,16)/t8-,11+/m0/s1. The molecule has 0 unspecified atom stereocenters. The van der Waals surface area contributed by atoms with Crippen molar-refractivity contribution in [1.29, 1.82) is 0 Å². The normalized spacial score (nSPS) is 14.2. The lowest BCUT2D eigenvalue weighted by molar-refractivity contribution is -0.123. The molecule has 1 rings (SSSR count). The molecule has 4 heteroatoms. The molecule has 0 aliphatic carbocycles. The van der Waals surface area contributed by atoms with Crippen molar-refractivity contribution < 1.29 is 4.79 Å². The second-order valence-corrected chi connectivity index (χ2v) is 4.72. The van der Waals surface area contributed by atoms with E-state index in [1.807, 2.05) is 38.1 Å². The van der Waals surface area contributed by atoms with Crippen molar-refractivity contribution in [2.45, 2.75) is 32.4 Å². The molecule has 1 aromatic carbocycles. The molecular formula is C12H17BrN2O. The van der Waals surface area contributed by atoms with Crippen molar-refractivity contribution in [2.24, 2.45) is 5.73 Å². The van der Waals surface area contributed by atoms with Gasteiger partial charge in [-0.05, 0) is 31.0 Å². The number of benzene rings is 1. The fourth-order valence-electron chi connectivity index (χ4n) is 1.37. The summed E-state index contributed by atoms with van der Waals surface area (Å²) in [6, 6.07) is 7.42. The maximum absolute atomic E-state index is 11.6. The molecule has 2 atom stereocenters. The van der Waals surface area contributed by atoms with Crippen LogP contribution in [-0.4, -0.2) is 11.9 Å². The van der Waals surface area contributed by atoms with E-state index in [0.717, 1.165) is 10.0 Å². The number of carbonyl (C=O) groups is 1. The van der Waals surface area contributed by atoms with Crippen molar-refractivity contribution in [3.8, 4) is 0 Å². The van der Waals surface area contributed by atoms with Gasteiger partial charge in [-0.2, -0.15) is 0 Å². The smallest absolute Gasteiger partial charge is 0.237 e. The SMILES string of the molecule is CC[C@@H](N)C(=O)N[C@@H](C)c1cccc(Br)c1. The van der Waals surface area contributed by atoms with Gasteiger partial charge in [-0.1, -0.05) is 35.0 Å². The Kier molecular flexibility index (Phi) is 4.96. The Morgan fingerprint density at radius 3 is 2.81 bits per heavy atom. The molecule has 1 amide bonds. The van der Waals surface area contributed by atoms with Crippen LogP contribution in [0, 0.1) is 0 Å². The van der Waals surface area contributed by atoms with Gasteiger partial charge in [-0.3, -0.25) is 4.79 Å². The van der Waals surface area contributed by atoms with E-state index in [4.69, 9.17) is 5.73 Å². The maximum atomic E-state index is 11.6. The molecule has 0 spiro atoms. The van der Waals surface area contributed by atoms with Crippen LogP contribution in [0.4, 0.5) is 0 Å². The molecular weight excluding hydrogens is 268 g/mol. The molecule has 0 bridgehead atoms. The van der Waals surface area contributed by atoms with Crippen molar-refractivity contribution in [3.63, 3.8) is 0 Å². The van der Waals surface area contributed by atoms with E-state index in [9.17, 15) is 4.79 Å². The predicted molar refractivity (Wildman–Crippen MR) is 69.0 cm³/mol. The average molecular weight is 285 g/mol. The van der Waals surface area contributed by atoms with Crippen molar-refractivity contribution in [1.82, 2.24) is 5.32 Å². The number of hydrogen-bond donors (Lipinski definition) is 2. The van der Waals surface area contributed by atoms with Crippen LogP contribution in [0.2, 0.25) is 0 Å². The highest BCUT2D eigenvalue weighted by atomic mass is 79.9. The number of halogens is 1. The maximum Gasteiger partial charge on any atom is 0.237 e. The van der Waals surface area contributed by atoms with E-state index in [0.29, 0.717) is 6.42 Å². The van der Waals surface area contributed by atoms with Crippen LogP contribution in [0.5, 0.6) is 0 Å². The Bertz CT molecular complexity index is 368. The van der Waals surface area contributed by atoms with Gasteiger partial charge < -0.3 is 11.1 Å². The van der Waals surface area contributed by atoms with Crippen LogP contribution in [-0.2, 0) is 4.79 Å². The largest absolute Gasteiger partial charge is 0.348 e. The Balaban J connectivity index is 2.65. The monoisotopic (exact) mass is 284 g/mol. The zero-order chi connectivity index (χ0) is 12.1. The van der Waals surface area contributed by atoms with Crippen LogP contribution < -0.4 is 11.1 Å². The molecule has 0 aromatic heterocycles. The molecule has 0 saturated heterocycles. The third kappa shape index (κ3) is 3.61. The van der Waals surface area contributed by atoms with Crippen LogP contribution in [0.15, 0.2) is 28.7 Å². The summed E-state index contributed by atoms with van der Waals surface area (Å²) >= 11 is 3.40. The molecule has 1 aromatic rings. The highest BCUT2D eigenvalue weighted by Gasteiger charge is 2.14. The van der Waals surface area contributed by atoms with Gasteiger partial charge in [-0.25, -0.2) is 0 Å². The van der Waals surface area contributed by atoms with E-state index < -0.39 is 6.04 Å². The molecule has 0 aliphatic heterocycles. The number of amides is 1. The summed E-state index contributed by atoms with van der Waals surface area (Å²) in [5, 5.41) is 2.89. The summed E-state index contributed by atoms with van der Waals surface area (Å²) in [5.41, 5.74) is 6.71. The topological polar surface area (TPSA) is 55.1 Å². The van der Waals surface area contributed by atoms with Crippen LogP contribution >= 0.6 is 15.9 Å². The molecule has 0 fully saturated rings. The van der Waals surface area contributed by atoms with E-state index in [-0.39, 0.29) is 11.9 Å². The van der Waals surface area contributed by atoms with Crippen molar-refractivity contribution in [2.75, 3.05) is 0 Å². The van der Waals surface area contributed by atoms with Gasteiger partial charge in [0.15, 0.2) is 0 Å². The summed E-state index contributed by atoms with van der Waals surface area (Å²) < 4.78 is 1.01. The third-order valence-corrected chi connectivity index (χ3v) is 2.98. The minimum Gasteiger partial charge on any atom is -0.348 e. The fourth-order valence-corrected chi connectivity index (χ4v) is 1.78. The molecule has 16 heavy (non-hydrogen) atoms. The van der Waals surface area contributed by atoms with Gasteiger partial charge in [0.25, 0.3) is 0 Å². The number of rotatable bonds is 4. The summed E-state index contributed by atoms with van der Waals surface area (Å²) in [6.45, 7) is 3.84. The fraction of sp³-hybridized carbons (Fsp3) is 0.417. The van der Waals surface area contributed by atoms with Gasteiger partial charge >= 0.3 is 0 Å². The third-order valence-electron chi connectivity index (χ3n) is 2.48. The zero-order valence-corrected chi connectivity index (χ0v) is 11.1. The second kappa shape index (κ2) is 6.01. The minimum atomic E-state index is -0.422. The quantitative estimate of drug-likeness (QED) is 0.892. The highest BCUT2D eigenvalue weighted by molar-refractivity contribution is 9.10. The first-order valence-corrected chi connectivity index (χ1v) is 6.15. The molecule has 3 N–H and O–H groups in total. The van der Waals surface area contributed by atoms with E-state index >= 15 is 0 Å². The zero-order valence-electron chi connectivity index (χ0n) is 9.53. The van der Waals surface area contributed by atoms with Crippen LogP contribution in [0.1, 0.15) is 31.9 Å². The molecule has 88 valence electrons. The summed E-state index contributed by atoms with van der Waals surface area (Å²) in [6.07, 6.45) is 0.650. The Labute approximate surface area is 105 Å². The number of nitrogens with two attached hydrogens (primary N) is 1. The first kappa shape index (κ1) is 13.2. The number of hydrogen-bond acceptors (Lipinski definition) is 2. The Morgan fingerprint density at radius 1 is 1.56 bits per heavy atom. The van der Waals surface area contributed by atoms with Crippen molar-refractivity contribution in [3.05, 3.63) is 34.3 Å². The predicted octanol–water partition coefficient (Wildman–Crippen LogP) is 2.36. The van der Waals surface area contributed by atoms with E-state index in [2.05, 4.69) is 21.2 Å². The summed E-state index contributed by atoms with van der Waals surface area (Å²) in [7, 11) is 0. The van der Waals surface area contributed by atoms with Gasteiger partial charge in [0.2, 0.25) is 5.91 Å². The highest BCUT2D eigenvalue weighted by Crippen LogP contribution is 2.17. The Morgan fingerprint density at radius 2 is 2.25 bits per heavy atom. The molecule has 3 nitrogen and oxygen atoms in total. The van der Waals surface area contributed by atoms with E-state index in [1.54, 1.807) is 0 Å². The second-order valence-electron chi connectivity index (χ2n) is 3.80. The minimum absolute atomic E-state index is 0.0254. The Hall–Kier alpha value is -0.870. The first-order valence-electron chi connectivity index (χ1n) is 5.36. The molecule has 0 heterocycles. The van der Waals surface area contributed by atoms with Gasteiger partial charge in [0, 0.05) is 4.47 Å². The van der Waals surface area contributed by atoms with Gasteiger partial charge in [0.1, 0.15) is 0 Å². The molecule has 0 radical (unpaired) electrons. The van der Waals surface area contributed by atoms with Crippen LogP contribution in [0.25, 0.3) is 0 Å². The number of carbonyl (C=O) groups excluding carboxylic acids is 1. The van der Waals surface area contributed by atoms with Crippen molar-refractivity contribution >= 4 is 21.8 Å².